The molecule has 0 aliphatic heterocycles. The molecule has 0 unspecified atom stereocenters. The van der Waals surface area contributed by atoms with Gasteiger partial charge in [-0.25, -0.2) is 0 Å². The molecule has 1 fully saturated rings. The van der Waals surface area contributed by atoms with Crippen molar-refractivity contribution in [1.29, 1.82) is 0 Å². The average Bonchev–Trinajstić information content (AvgIpc) is 3.05. The first kappa shape index (κ1) is 15.4. The van der Waals surface area contributed by atoms with Crippen molar-refractivity contribution in [3.63, 3.8) is 0 Å². The zero-order chi connectivity index (χ0) is 16.4. The Bertz CT molecular complexity index is 827. The second-order valence-electron chi connectivity index (χ2n) is 6.20. The van der Waals surface area contributed by atoms with Crippen molar-refractivity contribution in [2.75, 3.05) is 0 Å². The van der Waals surface area contributed by atoms with E-state index in [4.69, 9.17) is 16.0 Å². The second-order valence-corrected chi connectivity index (χ2v) is 6.63. The molecule has 1 N–H and O–H groups in total. The Kier molecular flexibility index (Phi) is 4.08. The van der Waals surface area contributed by atoms with E-state index in [0.717, 1.165) is 31.4 Å². The Labute approximate surface area is 145 Å². The van der Waals surface area contributed by atoms with Gasteiger partial charge in [-0.05, 0) is 43.0 Å². The van der Waals surface area contributed by atoms with Crippen molar-refractivity contribution < 1.29 is 4.42 Å². The summed E-state index contributed by atoms with van der Waals surface area (Å²) in [7, 11) is 0. The lowest BCUT2D eigenvalue weighted by Crippen LogP contribution is -2.47. The van der Waals surface area contributed by atoms with Crippen molar-refractivity contribution in [2.45, 2.75) is 31.3 Å². The molecule has 0 spiro atoms. The van der Waals surface area contributed by atoms with E-state index in [1.54, 1.807) is 0 Å². The molecular weight excluding hydrogens is 322 g/mol. The first-order chi connectivity index (χ1) is 11.8. The van der Waals surface area contributed by atoms with Crippen LogP contribution in [0.1, 0.15) is 30.7 Å². The molecule has 0 amide bonds. The van der Waals surface area contributed by atoms with Gasteiger partial charge in [-0.2, -0.15) is 0 Å². The fourth-order valence-corrected chi connectivity index (χ4v) is 3.21. The van der Waals surface area contributed by atoms with Gasteiger partial charge in [0.2, 0.25) is 11.8 Å². The molecule has 1 saturated carbocycles. The van der Waals surface area contributed by atoms with Gasteiger partial charge in [0.15, 0.2) is 0 Å². The van der Waals surface area contributed by atoms with Gasteiger partial charge in [0, 0.05) is 17.1 Å². The summed E-state index contributed by atoms with van der Waals surface area (Å²) in [5.41, 5.74) is 1.89. The number of hydrogen-bond donors (Lipinski definition) is 1. The highest BCUT2D eigenvalue weighted by atomic mass is 35.5. The lowest BCUT2D eigenvalue weighted by molar-refractivity contribution is 0.141. The van der Waals surface area contributed by atoms with Crippen molar-refractivity contribution in [2.24, 2.45) is 0 Å². The second kappa shape index (κ2) is 6.38. The van der Waals surface area contributed by atoms with Crippen LogP contribution in [-0.4, -0.2) is 10.2 Å². The Hall–Kier alpha value is -2.17. The maximum Gasteiger partial charge on any atom is 0.247 e. The molecule has 4 rings (SSSR count). The summed E-state index contributed by atoms with van der Waals surface area (Å²) >= 11 is 6.05. The van der Waals surface area contributed by atoms with Gasteiger partial charge in [-0.3, -0.25) is 5.32 Å². The van der Waals surface area contributed by atoms with E-state index in [1.165, 1.54) is 5.56 Å². The van der Waals surface area contributed by atoms with Crippen LogP contribution in [0.4, 0.5) is 0 Å². The average molecular weight is 340 g/mol. The minimum Gasteiger partial charge on any atom is -0.419 e. The van der Waals surface area contributed by atoms with Crippen LogP contribution in [0.5, 0.6) is 0 Å². The summed E-state index contributed by atoms with van der Waals surface area (Å²) in [6.07, 6.45) is 3.19. The number of hydrogen-bond acceptors (Lipinski definition) is 4. The smallest absolute Gasteiger partial charge is 0.247 e. The van der Waals surface area contributed by atoms with E-state index in [2.05, 4.69) is 39.8 Å². The first-order valence-corrected chi connectivity index (χ1v) is 8.52. The SMILES string of the molecule is Clc1cccc(-c2nnc(C3(NCc4ccccc4)CCC3)o2)c1. The van der Waals surface area contributed by atoms with Gasteiger partial charge in [-0.15, -0.1) is 10.2 Å². The number of nitrogens with zero attached hydrogens (tertiary/aromatic N) is 2. The summed E-state index contributed by atoms with van der Waals surface area (Å²) < 4.78 is 5.98. The molecule has 1 aliphatic carbocycles. The van der Waals surface area contributed by atoms with E-state index < -0.39 is 0 Å². The number of nitrogens with one attached hydrogen (secondary N) is 1. The predicted octanol–water partition coefficient (Wildman–Crippen LogP) is 4.56. The summed E-state index contributed by atoms with van der Waals surface area (Å²) in [5.74, 6) is 1.18. The molecule has 1 heterocycles. The lowest BCUT2D eigenvalue weighted by atomic mass is 9.76. The molecular formula is C19H18ClN3O. The van der Waals surface area contributed by atoms with Crippen LogP contribution in [0.15, 0.2) is 59.0 Å². The van der Waals surface area contributed by atoms with Crippen LogP contribution in [0.2, 0.25) is 5.02 Å². The zero-order valence-electron chi connectivity index (χ0n) is 13.2. The van der Waals surface area contributed by atoms with Gasteiger partial charge < -0.3 is 4.42 Å². The van der Waals surface area contributed by atoms with Crippen LogP contribution in [0.25, 0.3) is 11.5 Å². The highest BCUT2D eigenvalue weighted by molar-refractivity contribution is 6.30. The minimum atomic E-state index is -0.209. The fourth-order valence-electron chi connectivity index (χ4n) is 3.02. The number of aromatic nitrogens is 2. The van der Waals surface area contributed by atoms with Gasteiger partial charge >= 0.3 is 0 Å². The van der Waals surface area contributed by atoms with Crippen LogP contribution in [0, 0.1) is 0 Å². The lowest BCUT2D eigenvalue weighted by Gasteiger charge is -2.39. The largest absolute Gasteiger partial charge is 0.419 e. The molecule has 0 atom stereocenters. The third-order valence-corrected chi connectivity index (χ3v) is 4.82. The Morgan fingerprint density at radius 2 is 1.88 bits per heavy atom. The number of halogens is 1. The summed E-state index contributed by atoms with van der Waals surface area (Å²) in [6, 6.07) is 17.8. The molecule has 4 nitrogen and oxygen atoms in total. The number of rotatable bonds is 5. The minimum absolute atomic E-state index is 0.209. The van der Waals surface area contributed by atoms with Crippen molar-refractivity contribution in [1.82, 2.24) is 15.5 Å². The molecule has 0 saturated heterocycles. The maximum absolute atomic E-state index is 6.05. The van der Waals surface area contributed by atoms with Crippen LogP contribution in [0.3, 0.4) is 0 Å². The quantitative estimate of drug-likeness (QED) is 0.740. The summed E-state index contributed by atoms with van der Waals surface area (Å²) in [4.78, 5) is 0. The standard InChI is InChI=1S/C19H18ClN3O/c20-16-9-4-8-15(12-16)17-22-23-18(24-17)19(10-5-11-19)21-13-14-6-2-1-3-7-14/h1-4,6-9,12,21H,5,10-11,13H2. The fraction of sp³-hybridized carbons (Fsp3) is 0.263. The van der Waals surface area contributed by atoms with E-state index >= 15 is 0 Å². The molecule has 24 heavy (non-hydrogen) atoms. The molecule has 1 aliphatic rings. The third-order valence-electron chi connectivity index (χ3n) is 4.59. The highest BCUT2D eigenvalue weighted by Crippen LogP contribution is 2.41. The Morgan fingerprint density at radius 3 is 2.58 bits per heavy atom. The topological polar surface area (TPSA) is 51.0 Å². The third kappa shape index (κ3) is 2.95. The van der Waals surface area contributed by atoms with Crippen molar-refractivity contribution >= 4 is 11.6 Å². The zero-order valence-corrected chi connectivity index (χ0v) is 14.0. The maximum atomic E-state index is 6.05. The molecule has 1 aromatic heterocycles. The summed E-state index contributed by atoms with van der Waals surface area (Å²) in [6.45, 7) is 0.787. The van der Waals surface area contributed by atoms with E-state index in [-0.39, 0.29) is 5.54 Å². The van der Waals surface area contributed by atoms with Crippen molar-refractivity contribution in [3.05, 3.63) is 71.1 Å². The first-order valence-electron chi connectivity index (χ1n) is 8.14. The van der Waals surface area contributed by atoms with E-state index in [1.807, 2.05) is 30.3 Å². The van der Waals surface area contributed by atoms with Crippen LogP contribution in [-0.2, 0) is 12.1 Å². The molecule has 3 aromatic rings. The number of benzene rings is 2. The summed E-state index contributed by atoms with van der Waals surface area (Å²) in [5, 5.41) is 12.8. The van der Waals surface area contributed by atoms with Crippen LogP contribution < -0.4 is 5.32 Å². The monoisotopic (exact) mass is 339 g/mol. The Balaban J connectivity index is 1.55. The van der Waals surface area contributed by atoms with Gasteiger partial charge in [-0.1, -0.05) is 48.0 Å². The molecule has 2 aromatic carbocycles. The van der Waals surface area contributed by atoms with E-state index in [0.29, 0.717) is 16.8 Å². The van der Waals surface area contributed by atoms with Gasteiger partial charge in [0.05, 0.1) is 5.54 Å². The normalized spacial score (nSPS) is 15.9. The molecule has 5 heteroatoms. The van der Waals surface area contributed by atoms with Gasteiger partial charge in [0.25, 0.3) is 0 Å². The van der Waals surface area contributed by atoms with Gasteiger partial charge in [0.1, 0.15) is 0 Å². The molecule has 0 bridgehead atoms. The van der Waals surface area contributed by atoms with Crippen molar-refractivity contribution in [3.8, 4) is 11.5 Å². The van der Waals surface area contributed by atoms with E-state index in [9.17, 15) is 0 Å². The highest BCUT2D eigenvalue weighted by Gasteiger charge is 2.43. The predicted molar refractivity (Wildman–Crippen MR) is 93.6 cm³/mol. The molecule has 122 valence electrons. The molecule has 0 radical (unpaired) electrons. The Morgan fingerprint density at radius 1 is 1.04 bits per heavy atom. The van der Waals surface area contributed by atoms with Crippen LogP contribution >= 0.6 is 11.6 Å².